The predicted molar refractivity (Wildman–Crippen MR) is 60.7 cm³/mol. The Morgan fingerprint density at radius 1 is 1.41 bits per heavy atom. The first kappa shape index (κ1) is 12.7. The fourth-order valence-corrected chi connectivity index (χ4v) is 3.01. The number of carbonyl (C=O) groups is 1. The van der Waals surface area contributed by atoms with Gasteiger partial charge in [0, 0.05) is 0 Å². The van der Waals surface area contributed by atoms with E-state index in [1.54, 1.807) is 0 Å². The molecule has 5 heteroatoms. The molecule has 0 aromatic heterocycles. The molecule has 1 aliphatic heterocycles. The number of nitrogens with one attached hydrogen (secondary N) is 1. The van der Waals surface area contributed by atoms with Crippen molar-refractivity contribution >= 4 is 5.91 Å². The Hall–Kier alpha value is -0.710. The van der Waals surface area contributed by atoms with Gasteiger partial charge in [-0.2, -0.15) is 0 Å². The summed E-state index contributed by atoms with van der Waals surface area (Å²) in [7, 11) is 0. The molecule has 0 aromatic carbocycles. The molecule has 2 fully saturated rings. The van der Waals surface area contributed by atoms with Crippen LogP contribution in [0.4, 0.5) is 8.78 Å². The monoisotopic (exact) mass is 246 g/mol. The Morgan fingerprint density at radius 2 is 2.06 bits per heavy atom. The Bertz CT molecular complexity index is 280. The average molecular weight is 246 g/mol. The van der Waals surface area contributed by atoms with Gasteiger partial charge in [0.15, 0.2) is 0 Å². The highest BCUT2D eigenvalue weighted by Crippen LogP contribution is 2.32. The molecule has 2 aliphatic rings. The van der Waals surface area contributed by atoms with E-state index in [9.17, 15) is 13.6 Å². The highest BCUT2D eigenvalue weighted by molar-refractivity contribution is 5.84. The number of amides is 1. The molecule has 0 bridgehead atoms. The van der Waals surface area contributed by atoms with E-state index in [0.717, 1.165) is 25.7 Å². The summed E-state index contributed by atoms with van der Waals surface area (Å²) >= 11 is 0. The maximum Gasteiger partial charge on any atom is 0.255 e. The first-order valence-electron chi connectivity index (χ1n) is 6.48. The van der Waals surface area contributed by atoms with Crippen molar-refractivity contribution in [2.24, 2.45) is 5.92 Å². The lowest BCUT2D eigenvalue weighted by Gasteiger charge is -2.28. The second-order valence-corrected chi connectivity index (χ2v) is 5.00. The van der Waals surface area contributed by atoms with Gasteiger partial charge in [-0.25, -0.2) is 8.78 Å². The normalized spacial score (nSPS) is 30.8. The SMILES string of the molecule is CCC1NC(C2CCCC2)N(CC(F)F)C1=O. The van der Waals surface area contributed by atoms with Gasteiger partial charge in [-0.15, -0.1) is 0 Å². The Labute approximate surface area is 101 Å². The van der Waals surface area contributed by atoms with Crippen molar-refractivity contribution in [3.05, 3.63) is 0 Å². The topological polar surface area (TPSA) is 32.3 Å². The maximum absolute atomic E-state index is 12.5. The number of hydrogen-bond donors (Lipinski definition) is 1. The van der Waals surface area contributed by atoms with Crippen LogP contribution in [0.5, 0.6) is 0 Å². The lowest BCUT2D eigenvalue weighted by atomic mass is 10.0. The second kappa shape index (κ2) is 5.29. The van der Waals surface area contributed by atoms with Crippen LogP contribution in [0.3, 0.4) is 0 Å². The van der Waals surface area contributed by atoms with Crippen LogP contribution in [0, 0.1) is 5.92 Å². The second-order valence-electron chi connectivity index (χ2n) is 5.00. The Morgan fingerprint density at radius 3 is 2.59 bits per heavy atom. The van der Waals surface area contributed by atoms with Crippen LogP contribution in [0.1, 0.15) is 39.0 Å². The summed E-state index contributed by atoms with van der Waals surface area (Å²) in [5.41, 5.74) is 0. The molecule has 1 amide bonds. The van der Waals surface area contributed by atoms with Gasteiger partial charge in [0.1, 0.15) is 0 Å². The van der Waals surface area contributed by atoms with Gasteiger partial charge in [-0.05, 0) is 25.2 Å². The zero-order valence-electron chi connectivity index (χ0n) is 10.2. The molecule has 98 valence electrons. The molecule has 2 unspecified atom stereocenters. The molecule has 3 nitrogen and oxygen atoms in total. The molecule has 17 heavy (non-hydrogen) atoms. The summed E-state index contributed by atoms with van der Waals surface area (Å²) in [4.78, 5) is 13.3. The van der Waals surface area contributed by atoms with Crippen LogP contribution in [-0.2, 0) is 4.79 Å². The molecule has 0 aromatic rings. The van der Waals surface area contributed by atoms with Crippen molar-refractivity contribution in [3.63, 3.8) is 0 Å². The van der Waals surface area contributed by atoms with E-state index in [1.807, 2.05) is 6.92 Å². The highest BCUT2D eigenvalue weighted by atomic mass is 19.3. The van der Waals surface area contributed by atoms with Crippen LogP contribution in [0.25, 0.3) is 0 Å². The van der Waals surface area contributed by atoms with Gasteiger partial charge in [0.25, 0.3) is 6.43 Å². The van der Waals surface area contributed by atoms with Gasteiger partial charge in [0.2, 0.25) is 5.91 Å². The van der Waals surface area contributed by atoms with E-state index >= 15 is 0 Å². The van der Waals surface area contributed by atoms with Crippen LogP contribution in [0.2, 0.25) is 0 Å². The summed E-state index contributed by atoms with van der Waals surface area (Å²) in [6, 6.07) is -0.264. The third-order valence-corrected chi connectivity index (χ3v) is 3.88. The lowest BCUT2D eigenvalue weighted by molar-refractivity contribution is -0.132. The third-order valence-electron chi connectivity index (χ3n) is 3.88. The van der Waals surface area contributed by atoms with E-state index in [0.29, 0.717) is 12.3 Å². The molecule has 2 atom stereocenters. The van der Waals surface area contributed by atoms with Gasteiger partial charge in [0.05, 0.1) is 18.8 Å². The quantitative estimate of drug-likeness (QED) is 0.822. The highest BCUT2D eigenvalue weighted by Gasteiger charge is 2.43. The third kappa shape index (κ3) is 2.59. The average Bonchev–Trinajstić information content (AvgIpc) is 2.88. The van der Waals surface area contributed by atoms with E-state index < -0.39 is 13.0 Å². The molecule has 1 saturated carbocycles. The van der Waals surface area contributed by atoms with E-state index in [1.165, 1.54) is 4.90 Å². The van der Waals surface area contributed by atoms with Crippen LogP contribution >= 0.6 is 0 Å². The summed E-state index contributed by atoms with van der Waals surface area (Å²) in [5.74, 6) is 0.207. The molecule has 1 N–H and O–H groups in total. The number of nitrogens with zero attached hydrogens (tertiary/aromatic N) is 1. The number of halogens is 2. The summed E-state index contributed by atoms with van der Waals surface area (Å²) in [5, 5.41) is 3.23. The van der Waals surface area contributed by atoms with E-state index in [4.69, 9.17) is 0 Å². The maximum atomic E-state index is 12.5. The lowest BCUT2D eigenvalue weighted by Crippen LogP contribution is -2.44. The van der Waals surface area contributed by atoms with Crippen molar-refractivity contribution < 1.29 is 13.6 Å². The van der Waals surface area contributed by atoms with Gasteiger partial charge in [-0.1, -0.05) is 19.8 Å². The largest absolute Gasteiger partial charge is 0.320 e. The fraction of sp³-hybridized carbons (Fsp3) is 0.917. The van der Waals surface area contributed by atoms with Crippen molar-refractivity contribution in [2.45, 2.75) is 57.7 Å². The fourth-order valence-electron chi connectivity index (χ4n) is 3.01. The predicted octanol–water partition coefficient (Wildman–Crippen LogP) is 1.98. The van der Waals surface area contributed by atoms with Crippen molar-refractivity contribution in [1.29, 1.82) is 0 Å². The first-order chi connectivity index (χ1) is 8.13. The summed E-state index contributed by atoms with van der Waals surface area (Å²) in [6.07, 6.45) is 2.45. The van der Waals surface area contributed by atoms with Gasteiger partial charge < -0.3 is 4.90 Å². The molecule has 0 spiro atoms. The van der Waals surface area contributed by atoms with Gasteiger partial charge in [-0.3, -0.25) is 10.1 Å². The van der Waals surface area contributed by atoms with Crippen LogP contribution < -0.4 is 5.32 Å². The standard InChI is InChI=1S/C12H20F2N2O/c1-2-9-12(17)16(7-10(13)14)11(15-9)8-5-3-4-6-8/h8-11,15H,2-7H2,1H3. The van der Waals surface area contributed by atoms with Gasteiger partial charge >= 0.3 is 0 Å². The van der Waals surface area contributed by atoms with Crippen molar-refractivity contribution in [2.75, 3.05) is 6.54 Å². The molecule has 0 radical (unpaired) electrons. The number of hydrogen-bond acceptors (Lipinski definition) is 2. The van der Waals surface area contributed by atoms with Crippen molar-refractivity contribution in [3.8, 4) is 0 Å². The molecule has 1 aliphatic carbocycles. The molecular formula is C12H20F2N2O. The Kier molecular flexibility index (Phi) is 3.97. The summed E-state index contributed by atoms with van der Waals surface area (Å²) in [6.45, 7) is 1.48. The first-order valence-corrected chi connectivity index (χ1v) is 6.48. The van der Waals surface area contributed by atoms with Crippen LogP contribution in [-0.4, -0.2) is 36.0 Å². The minimum Gasteiger partial charge on any atom is -0.320 e. The molecular weight excluding hydrogens is 226 g/mol. The molecule has 1 saturated heterocycles. The zero-order chi connectivity index (χ0) is 12.4. The minimum atomic E-state index is -2.44. The van der Waals surface area contributed by atoms with E-state index in [-0.39, 0.29) is 18.1 Å². The summed E-state index contributed by atoms with van der Waals surface area (Å²) < 4.78 is 25.1. The van der Waals surface area contributed by atoms with Crippen molar-refractivity contribution in [1.82, 2.24) is 10.2 Å². The van der Waals surface area contributed by atoms with E-state index in [2.05, 4.69) is 5.32 Å². The smallest absolute Gasteiger partial charge is 0.255 e. The van der Waals surface area contributed by atoms with Crippen LogP contribution in [0.15, 0.2) is 0 Å². The number of alkyl halides is 2. The molecule has 1 heterocycles. The number of carbonyl (C=O) groups excluding carboxylic acids is 1. The Balaban J connectivity index is 2.08. The molecule has 2 rings (SSSR count). The minimum absolute atomic E-state index is 0.148. The number of rotatable bonds is 4. The zero-order valence-corrected chi connectivity index (χ0v) is 10.2.